The van der Waals surface area contributed by atoms with E-state index in [1.165, 1.54) is 0 Å². The maximum Gasteiger partial charge on any atom is 0.211 e. The van der Waals surface area contributed by atoms with Gasteiger partial charge in [0, 0.05) is 19.0 Å². The van der Waals surface area contributed by atoms with E-state index in [4.69, 9.17) is 20.8 Å². The molecule has 1 N–H and O–H groups in total. The summed E-state index contributed by atoms with van der Waals surface area (Å²) >= 11 is 5.98. The Bertz CT molecular complexity index is 550. The van der Waals surface area contributed by atoms with E-state index in [9.17, 15) is 4.79 Å². The molecule has 0 aliphatic carbocycles. The maximum atomic E-state index is 11.8. The molecule has 0 aliphatic rings. The molecule has 2 aromatic rings. The van der Waals surface area contributed by atoms with E-state index in [2.05, 4.69) is 5.32 Å². The minimum Gasteiger partial charge on any atom is -0.451 e. The lowest BCUT2D eigenvalue weighted by atomic mass is 10.2. The SMILES string of the molecule is COCCNCC(=O)c1cc2cccc(Cl)c2o1. The van der Waals surface area contributed by atoms with E-state index in [0.717, 1.165) is 5.39 Å². The van der Waals surface area contributed by atoms with Crippen LogP contribution in [0.15, 0.2) is 28.7 Å². The van der Waals surface area contributed by atoms with Crippen molar-refractivity contribution in [3.8, 4) is 0 Å². The van der Waals surface area contributed by atoms with Gasteiger partial charge in [0.2, 0.25) is 5.78 Å². The average Bonchev–Trinajstić information content (AvgIpc) is 2.80. The second-order valence-corrected chi connectivity index (χ2v) is 4.27. The largest absolute Gasteiger partial charge is 0.451 e. The first-order valence-corrected chi connectivity index (χ1v) is 6.01. The molecule has 0 amide bonds. The highest BCUT2D eigenvalue weighted by Gasteiger charge is 2.13. The number of nitrogens with one attached hydrogen (secondary N) is 1. The van der Waals surface area contributed by atoms with Crippen molar-refractivity contribution in [2.75, 3.05) is 26.8 Å². The van der Waals surface area contributed by atoms with E-state index >= 15 is 0 Å². The number of fused-ring (bicyclic) bond motifs is 1. The lowest BCUT2D eigenvalue weighted by Crippen LogP contribution is -2.26. The average molecular weight is 268 g/mol. The number of benzene rings is 1. The van der Waals surface area contributed by atoms with E-state index in [1.54, 1.807) is 19.2 Å². The zero-order valence-corrected chi connectivity index (χ0v) is 10.8. The van der Waals surface area contributed by atoms with Crippen molar-refractivity contribution in [3.63, 3.8) is 0 Å². The van der Waals surface area contributed by atoms with Gasteiger partial charge in [-0.15, -0.1) is 0 Å². The molecule has 0 spiro atoms. The summed E-state index contributed by atoms with van der Waals surface area (Å²) in [6.45, 7) is 1.42. The van der Waals surface area contributed by atoms with Gasteiger partial charge in [-0.3, -0.25) is 4.79 Å². The molecule has 0 unspecified atom stereocenters. The smallest absolute Gasteiger partial charge is 0.211 e. The van der Waals surface area contributed by atoms with Crippen LogP contribution >= 0.6 is 11.6 Å². The highest BCUT2D eigenvalue weighted by molar-refractivity contribution is 6.34. The molecule has 4 nitrogen and oxygen atoms in total. The van der Waals surface area contributed by atoms with Gasteiger partial charge >= 0.3 is 0 Å². The third-order valence-electron chi connectivity index (χ3n) is 2.54. The van der Waals surface area contributed by atoms with Gasteiger partial charge in [0.25, 0.3) is 0 Å². The number of Topliss-reactive ketones (excluding diaryl/α,β-unsaturated/α-hetero) is 1. The fraction of sp³-hybridized carbons (Fsp3) is 0.308. The summed E-state index contributed by atoms with van der Waals surface area (Å²) in [7, 11) is 1.62. The number of ketones is 1. The lowest BCUT2D eigenvalue weighted by molar-refractivity contribution is 0.0963. The van der Waals surface area contributed by atoms with Crippen molar-refractivity contribution >= 4 is 28.4 Å². The van der Waals surface area contributed by atoms with E-state index in [1.807, 2.05) is 12.1 Å². The van der Waals surface area contributed by atoms with Gasteiger partial charge in [-0.05, 0) is 12.1 Å². The second kappa shape index (κ2) is 6.00. The van der Waals surface area contributed by atoms with Gasteiger partial charge in [-0.2, -0.15) is 0 Å². The van der Waals surface area contributed by atoms with Gasteiger partial charge in [-0.1, -0.05) is 23.7 Å². The monoisotopic (exact) mass is 267 g/mol. The van der Waals surface area contributed by atoms with Crippen LogP contribution in [-0.4, -0.2) is 32.6 Å². The van der Waals surface area contributed by atoms with Gasteiger partial charge in [-0.25, -0.2) is 0 Å². The van der Waals surface area contributed by atoms with E-state index in [-0.39, 0.29) is 12.3 Å². The number of para-hydroxylation sites is 1. The summed E-state index contributed by atoms with van der Waals surface area (Å²) in [5.74, 6) is 0.224. The number of carbonyl (C=O) groups excluding carboxylic acids is 1. The Hall–Kier alpha value is -1.36. The highest BCUT2D eigenvalue weighted by atomic mass is 35.5. The normalized spacial score (nSPS) is 11.0. The standard InChI is InChI=1S/C13H14ClNO3/c1-17-6-5-15-8-11(16)12-7-9-3-2-4-10(14)13(9)18-12/h2-4,7,15H,5-6,8H2,1H3. The van der Waals surface area contributed by atoms with Crippen LogP contribution in [0.2, 0.25) is 5.02 Å². The maximum absolute atomic E-state index is 11.8. The van der Waals surface area contributed by atoms with Crippen molar-refractivity contribution in [1.82, 2.24) is 5.32 Å². The Morgan fingerprint density at radius 2 is 2.33 bits per heavy atom. The number of furan rings is 1. The molecule has 96 valence electrons. The summed E-state index contributed by atoms with van der Waals surface area (Å²) < 4.78 is 10.3. The van der Waals surface area contributed by atoms with Crippen LogP contribution < -0.4 is 5.32 Å². The number of ether oxygens (including phenoxy) is 1. The number of hydrogen-bond acceptors (Lipinski definition) is 4. The molecule has 0 saturated heterocycles. The minimum atomic E-state index is -0.0987. The summed E-state index contributed by atoms with van der Waals surface area (Å²) in [6.07, 6.45) is 0. The first-order valence-electron chi connectivity index (χ1n) is 5.63. The quantitative estimate of drug-likeness (QED) is 0.645. The molecule has 0 radical (unpaired) electrons. The summed E-state index contributed by atoms with van der Waals surface area (Å²) in [4.78, 5) is 11.8. The van der Waals surface area contributed by atoms with E-state index in [0.29, 0.717) is 29.5 Å². The van der Waals surface area contributed by atoms with Crippen LogP contribution in [0, 0.1) is 0 Å². The molecule has 0 saturated carbocycles. The van der Waals surface area contributed by atoms with Gasteiger partial charge in [0.15, 0.2) is 11.3 Å². The van der Waals surface area contributed by atoms with E-state index < -0.39 is 0 Å². The fourth-order valence-corrected chi connectivity index (χ4v) is 1.85. The molecule has 1 aromatic carbocycles. The first kappa shape index (κ1) is 13.1. The van der Waals surface area contributed by atoms with Crippen LogP contribution in [0.4, 0.5) is 0 Å². The molecule has 0 bridgehead atoms. The fourth-order valence-electron chi connectivity index (χ4n) is 1.63. The first-order chi connectivity index (χ1) is 8.72. The Labute approximate surface area is 110 Å². The topological polar surface area (TPSA) is 51.5 Å². The number of hydrogen-bond donors (Lipinski definition) is 1. The minimum absolute atomic E-state index is 0.0987. The molecular formula is C13H14ClNO3. The highest BCUT2D eigenvalue weighted by Crippen LogP contribution is 2.26. The molecule has 18 heavy (non-hydrogen) atoms. The second-order valence-electron chi connectivity index (χ2n) is 3.86. The predicted molar refractivity (Wildman–Crippen MR) is 70.3 cm³/mol. The van der Waals surface area contributed by atoms with Gasteiger partial charge in [0.1, 0.15) is 0 Å². The Kier molecular flexibility index (Phi) is 4.36. The zero-order valence-electron chi connectivity index (χ0n) is 10.0. The number of methoxy groups -OCH3 is 1. The molecular weight excluding hydrogens is 254 g/mol. The molecule has 1 aromatic heterocycles. The zero-order chi connectivity index (χ0) is 13.0. The van der Waals surface area contributed by atoms with Crippen LogP contribution in [0.1, 0.15) is 10.6 Å². The van der Waals surface area contributed by atoms with Crippen molar-refractivity contribution in [2.45, 2.75) is 0 Å². The summed E-state index contributed by atoms with van der Waals surface area (Å²) in [6, 6.07) is 7.13. The van der Waals surface area contributed by atoms with Crippen molar-refractivity contribution in [2.24, 2.45) is 0 Å². The number of carbonyl (C=O) groups is 1. The summed E-state index contributed by atoms with van der Waals surface area (Å²) in [5.41, 5.74) is 0.555. The third kappa shape index (κ3) is 2.90. The summed E-state index contributed by atoms with van der Waals surface area (Å²) in [5, 5.41) is 4.32. The third-order valence-corrected chi connectivity index (χ3v) is 2.84. The van der Waals surface area contributed by atoms with Crippen molar-refractivity contribution in [3.05, 3.63) is 35.0 Å². The lowest BCUT2D eigenvalue weighted by Gasteiger charge is -2.00. The Morgan fingerprint density at radius 1 is 1.50 bits per heavy atom. The Balaban J connectivity index is 2.06. The molecule has 0 aliphatic heterocycles. The van der Waals surface area contributed by atoms with Crippen LogP contribution in [0.25, 0.3) is 11.0 Å². The van der Waals surface area contributed by atoms with Crippen molar-refractivity contribution < 1.29 is 13.9 Å². The van der Waals surface area contributed by atoms with Crippen LogP contribution in [0.5, 0.6) is 0 Å². The number of rotatable bonds is 6. The van der Waals surface area contributed by atoms with Gasteiger partial charge in [0.05, 0.1) is 18.2 Å². The molecule has 0 fully saturated rings. The Morgan fingerprint density at radius 3 is 3.06 bits per heavy atom. The predicted octanol–water partition coefficient (Wildman–Crippen LogP) is 2.50. The number of halogens is 1. The van der Waals surface area contributed by atoms with Gasteiger partial charge < -0.3 is 14.5 Å². The molecule has 1 heterocycles. The molecule has 2 rings (SSSR count). The van der Waals surface area contributed by atoms with Crippen LogP contribution in [0.3, 0.4) is 0 Å². The van der Waals surface area contributed by atoms with Crippen molar-refractivity contribution in [1.29, 1.82) is 0 Å². The molecule has 0 atom stereocenters. The van der Waals surface area contributed by atoms with Crippen LogP contribution in [-0.2, 0) is 4.74 Å². The molecule has 5 heteroatoms.